The first-order valence-electron chi connectivity index (χ1n) is 8.86. The number of carbonyl (C=O) groups excluding carboxylic acids is 2. The fraction of sp³-hybridized carbons (Fsp3) is 0.667. The summed E-state index contributed by atoms with van der Waals surface area (Å²) < 4.78 is 5.45. The average Bonchev–Trinajstić information content (AvgIpc) is 3.19. The summed E-state index contributed by atoms with van der Waals surface area (Å²) in [6.07, 6.45) is 3.10. The molecule has 2 fully saturated rings. The van der Waals surface area contributed by atoms with E-state index in [1.54, 1.807) is 6.07 Å². The van der Waals surface area contributed by atoms with Gasteiger partial charge in [-0.05, 0) is 45.2 Å². The molecule has 0 spiro atoms. The van der Waals surface area contributed by atoms with Crippen molar-refractivity contribution < 1.29 is 14.0 Å². The van der Waals surface area contributed by atoms with Crippen molar-refractivity contribution in [2.45, 2.75) is 33.1 Å². The summed E-state index contributed by atoms with van der Waals surface area (Å²) in [5.41, 5.74) is 6.43. The quantitative estimate of drug-likeness (QED) is 0.910. The van der Waals surface area contributed by atoms with Gasteiger partial charge in [0.15, 0.2) is 0 Å². The van der Waals surface area contributed by atoms with Gasteiger partial charge in [-0.25, -0.2) is 0 Å². The highest BCUT2D eigenvalue weighted by Crippen LogP contribution is 2.32. The van der Waals surface area contributed by atoms with E-state index in [0.29, 0.717) is 50.0 Å². The van der Waals surface area contributed by atoms with E-state index < -0.39 is 0 Å². The lowest BCUT2D eigenvalue weighted by molar-refractivity contribution is -0.138. The Labute approximate surface area is 143 Å². The third kappa shape index (κ3) is 3.20. The Balaban J connectivity index is 1.58. The van der Waals surface area contributed by atoms with Crippen molar-refractivity contribution in [2.75, 3.05) is 32.7 Å². The van der Waals surface area contributed by atoms with Gasteiger partial charge in [-0.1, -0.05) is 6.42 Å². The van der Waals surface area contributed by atoms with Crippen LogP contribution in [0.3, 0.4) is 0 Å². The number of amides is 2. The van der Waals surface area contributed by atoms with Crippen molar-refractivity contribution in [1.82, 2.24) is 9.80 Å². The Morgan fingerprint density at radius 1 is 1.17 bits per heavy atom. The van der Waals surface area contributed by atoms with E-state index in [-0.39, 0.29) is 17.7 Å². The zero-order valence-electron chi connectivity index (χ0n) is 14.6. The van der Waals surface area contributed by atoms with Gasteiger partial charge in [0.2, 0.25) is 5.91 Å². The molecule has 2 heterocycles. The number of hydrogen-bond donors (Lipinski definition) is 1. The topological polar surface area (TPSA) is 79.8 Å². The van der Waals surface area contributed by atoms with Gasteiger partial charge in [-0.15, -0.1) is 0 Å². The number of hydrogen-bond acceptors (Lipinski definition) is 4. The van der Waals surface area contributed by atoms with Crippen LogP contribution in [0.5, 0.6) is 0 Å². The monoisotopic (exact) mass is 333 g/mol. The molecule has 0 unspecified atom stereocenters. The van der Waals surface area contributed by atoms with E-state index in [9.17, 15) is 9.59 Å². The molecule has 6 nitrogen and oxygen atoms in total. The van der Waals surface area contributed by atoms with Crippen LogP contribution in [0.25, 0.3) is 0 Å². The zero-order valence-corrected chi connectivity index (χ0v) is 14.6. The minimum absolute atomic E-state index is 0.00264. The smallest absolute Gasteiger partial charge is 0.257 e. The Bertz CT molecular complexity index is 617. The summed E-state index contributed by atoms with van der Waals surface area (Å²) in [4.78, 5) is 29.1. The number of nitrogens with zero attached hydrogens (tertiary/aromatic N) is 2. The van der Waals surface area contributed by atoms with Crippen LogP contribution in [0, 0.1) is 25.7 Å². The molecule has 0 aromatic carbocycles. The van der Waals surface area contributed by atoms with E-state index in [1.165, 1.54) is 0 Å². The number of carbonyl (C=O) groups is 2. The van der Waals surface area contributed by atoms with Gasteiger partial charge < -0.3 is 20.0 Å². The first-order valence-corrected chi connectivity index (χ1v) is 8.86. The summed E-state index contributed by atoms with van der Waals surface area (Å²) in [5.74, 6) is 2.04. The van der Waals surface area contributed by atoms with E-state index in [0.717, 1.165) is 25.0 Å². The molecule has 132 valence electrons. The fourth-order valence-electron chi connectivity index (χ4n) is 4.02. The first kappa shape index (κ1) is 17.0. The van der Waals surface area contributed by atoms with E-state index in [2.05, 4.69) is 0 Å². The lowest BCUT2D eigenvalue weighted by Crippen LogP contribution is -2.52. The fourth-order valence-corrected chi connectivity index (χ4v) is 4.02. The third-order valence-corrected chi connectivity index (χ3v) is 5.43. The average molecular weight is 333 g/mol. The Morgan fingerprint density at radius 2 is 1.83 bits per heavy atom. The maximum Gasteiger partial charge on any atom is 0.257 e. The predicted molar refractivity (Wildman–Crippen MR) is 90.6 cm³/mol. The molecule has 1 aliphatic heterocycles. The number of furan rings is 1. The maximum atomic E-state index is 12.7. The van der Waals surface area contributed by atoms with Crippen LogP contribution in [-0.4, -0.2) is 54.3 Å². The molecular weight excluding hydrogens is 306 g/mol. The molecule has 1 saturated heterocycles. The van der Waals surface area contributed by atoms with Crippen molar-refractivity contribution in [3.05, 3.63) is 23.2 Å². The van der Waals surface area contributed by atoms with Crippen LogP contribution >= 0.6 is 0 Å². The van der Waals surface area contributed by atoms with E-state index in [1.807, 2.05) is 23.6 Å². The summed E-state index contributed by atoms with van der Waals surface area (Å²) in [7, 11) is 0. The van der Waals surface area contributed by atoms with Crippen LogP contribution in [0.15, 0.2) is 10.5 Å². The second kappa shape index (κ2) is 6.97. The summed E-state index contributed by atoms with van der Waals surface area (Å²) in [6, 6.07) is 1.79. The van der Waals surface area contributed by atoms with Crippen LogP contribution in [0.4, 0.5) is 0 Å². The van der Waals surface area contributed by atoms with Crippen LogP contribution < -0.4 is 5.73 Å². The SMILES string of the molecule is Cc1cc(C(=O)N2CCN(C(=O)[C@@H]3CCC[C@@H]3CN)CC2)c(C)o1. The first-order chi connectivity index (χ1) is 11.5. The molecule has 1 aliphatic carbocycles. The lowest BCUT2D eigenvalue weighted by atomic mass is 9.94. The minimum atomic E-state index is -0.00264. The molecule has 2 N–H and O–H groups in total. The van der Waals surface area contributed by atoms with Gasteiger partial charge in [-0.3, -0.25) is 9.59 Å². The van der Waals surface area contributed by atoms with Gasteiger partial charge in [-0.2, -0.15) is 0 Å². The Kier molecular flexibility index (Phi) is 4.94. The van der Waals surface area contributed by atoms with Crippen molar-refractivity contribution in [2.24, 2.45) is 17.6 Å². The zero-order chi connectivity index (χ0) is 17.3. The van der Waals surface area contributed by atoms with Crippen molar-refractivity contribution >= 4 is 11.8 Å². The van der Waals surface area contributed by atoms with Crippen LogP contribution in [0.1, 0.15) is 41.1 Å². The molecule has 1 aromatic heterocycles. The molecule has 2 aliphatic rings. The molecular formula is C18H27N3O3. The minimum Gasteiger partial charge on any atom is -0.466 e. The van der Waals surface area contributed by atoms with Gasteiger partial charge in [0, 0.05) is 32.1 Å². The standard InChI is InChI=1S/C18H27N3O3/c1-12-10-16(13(2)24-12)18(23)21-8-6-20(7-9-21)17(22)15-5-3-4-14(15)11-19/h10,14-15H,3-9,11,19H2,1-2H3/t14-,15-/m1/s1. The Hall–Kier alpha value is -1.82. The molecule has 6 heteroatoms. The van der Waals surface area contributed by atoms with Gasteiger partial charge in [0.1, 0.15) is 11.5 Å². The summed E-state index contributed by atoms with van der Waals surface area (Å²) in [5, 5.41) is 0. The predicted octanol–water partition coefficient (Wildman–Crippen LogP) is 1.56. The molecule has 1 aromatic rings. The number of aryl methyl sites for hydroxylation is 2. The Morgan fingerprint density at radius 3 is 2.42 bits per heavy atom. The largest absolute Gasteiger partial charge is 0.466 e. The number of rotatable bonds is 3. The summed E-state index contributed by atoms with van der Waals surface area (Å²) in [6.45, 7) is 6.61. The molecule has 0 radical (unpaired) electrons. The highest BCUT2D eigenvalue weighted by molar-refractivity contribution is 5.95. The summed E-state index contributed by atoms with van der Waals surface area (Å²) >= 11 is 0. The second-order valence-corrected chi connectivity index (χ2v) is 6.98. The molecule has 2 amide bonds. The molecule has 0 bridgehead atoms. The van der Waals surface area contributed by atoms with Gasteiger partial charge >= 0.3 is 0 Å². The maximum absolute atomic E-state index is 12.7. The molecule has 24 heavy (non-hydrogen) atoms. The number of nitrogens with two attached hydrogens (primary N) is 1. The highest BCUT2D eigenvalue weighted by atomic mass is 16.3. The van der Waals surface area contributed by atoms with Crippen LogP contribution in [0.2, 0.25) is 0 Å². The molecule has 2 atom stereocenters. The lowest BCUT2D eigenvalue weighted by Gasteiger charge is -2.36. The van der Waals surface area contributed by atoms with Crippen LogP contribution in [-0.2, 0) is 4.79 Å². The van der Waals surface area contributed by atoms with Crippen molar-refractivity contribution in [1.29, 1.82) is 0 Å². The normalized spacial score (nSPS) is 24.5. The molecule has 1 saturated carbocycles. The number of piperazine rings is 1. The van der Waals surface area contributed by atoms with E-state index in [4.69, 9.17) is 10.2 Å². The van der Waals surface area contributed by atoms with Crippen molar-refractivity contribution in [3.63, 3.8) is 0 Å². The highest BCUT2D eigenvalue weighted by Gasteiger charge is 2.36. The van der Waals surface area contributed by atoms with Gasteiger partial charge in [0.25, 0.3) is 5.91 Å². The molecule has 3 rings (SSSR count). The van der Waals surface area contributed by atoms with Crippen molar-refractivity contribution in [3.8, 4) is 0 Å². The van der Waals surface area contributed by atoms with E-state index >= 15 is 0 Å². The third-order valence-electron chi connectivity index (χ3n) is 5.43. The second-order valence-electron chi connectivity index (χ2n) is 6.98. The van der Waals surface area contributed by atoms with Gasteiger partial charge in [0.05, 0.1) is 5.56 Å².